The maximum absolute atomic E-state index is 12.8. The van der Waals surface area contributed by atoms with Crippen LogP contribution >= 0.6 is 0 Å². The van der Waals surface area contributed by atoms with E-state index in [9.17, 15) is 9.59 Å². The summed E-state index contributed by atoms with van der Waals surface area (Å²) in [6.45, 7) is 1.33. The Hall–Kier alpha value is -2.89. The molecule has 1 aliphatic heterocycles. The van der Waals surface area contributed by atoms with Crippen LogP contribution < -0.4 is 4.74 Å². The van der Waals surface area contributed by atoms with Crippen LogP contribution in [-0.4, -0.2) is 60.4 Å². The zero-order valence-corrected chi connectivity index (χ0v) is 15.1. The second kappa shape index (κ2) is 7.99. The van der Waals surface area contributed by atoms with Gasteiger partial charge in [-0.3, -0.25) is 14.6 Å². The number of likely N-dealkylation sites (N-methyl/N-ethyl adjacent to an activating group) is 1. The lowest BCUT2D eigenvalue weighted by Crippen LogP contribution is -2.29. The molecule has 6 heteroatoms. The second-order valence-corrected chi connectivity index (χ2v) is 6.60. The van der Waals surface area contributed by atoms with E-state index in [2.05, 4.69) is 4.98 Å². The highest BCUT2D eigenvalue weighted by Gasteiger charge is 2.28. The summed E-state index contributed by atoms with van der Waals surface area (Å²) in [5.74, 6) is 0.649. The Morgan fingerprint density at radius 2 is 2.08 bits per heavy atom. The number of benzene rings is 1. The van der Waals surface area contributed by atoms with Gasteiger partial charge in [0.1, 0.15) is 5.75 Å². The SMILES string of the molecule is CN(C)C(=O)COc1cccc(C(=O)N2CC[C@@H](c3ccccn3)C2)c1. The molecular weight excluding hydrogens is 330 g/mol. The van der Waals surface area contributed by atoms with Crippen LogP contribution in [-0.2, 0) is 4.79 Å². The van der Waals surface area contributed by atoms with E-state index in [1.54, 1.807) is 44.6 Å². The number of carbonyl (C=O) groups is 2. The van der Waals surface area contributed by atoms with Crippen LogP contribution in [0.2, 0.25) is 0 Å². The van der Waals surface area contributed by atoms with E-state index in [0.29, 0.717) is 24.4 Å². The molecular formula is C20H23N3O3. The van der Waals surface area contributed by atoms with Crippen molar-refractivity contribution in [3.63, 3.8) is 0 Å². The number of carbonyl (C=O) groups excluding carboxylic acids is 2. The van der Waals surface area contributed by atoms with Crippen molar-refractivity contribution in [2.24, 2.45) is 0 Å². The van der Waals surface area contributed by atoms with Gasteiger partial charge in [0.15, 0.2) is 6.61 Å². The highest BCUT2D eigenvalue weighted by atomic mass is 16.5. The number of hydrogen-bond acceptors (Lipinski definition) is 4. The van der Waals surface area contributed by atoms with Crippen molar-refractivity contribution in [2.45, 2.75) is 12.3 Å². The summed E-state index contributed by atoms with van der Waals surface area (Å²) >= 11 is 0. The lowest BCUT2D eigenvalue weighted by atomic mass is 10.0. The van der Waals surface area contributed by atoms with Gasteiger partial charge in [-0.25, -0.2) is 0 Å². The van der Waals surface area contributed by atoms with Crippen LogP contribution in [0.4, 0.5) is 0 Å². The fourth-order valence-electron chi connectivity index (χ4n) is 2.98. The Kier molecular flexibility index (Phi) is 5.51. The Labute approximate surface area is 153 Å². The fourth-order valence-corrected chi connectivity index (χ4v) is 2.98. The van der Waals surface area contributed by atoms with Crippen LogP contribution in [0.3, 0.4) is 0 Å². The molecule has 1 aromatic carbocycles. The largest absolute Gasteiger partial charge is 0.484 e. The summed E-state index contributed by atoms with van der Waals surface area (Å²) in [4.78, 5) is 32.2. The number of amides is 2. The molecule has 0 spiro atoms. The van der Waals surface area contributed by atoms with E-state index in [1.165, 1.54) is 4.90 Å². The summed E-state index contributed by atoms with van der Waals surface area (Å²) in [6.07, 6.45) is 2.70. The van der Waals surface area contributed by atoms with Crippen LogP contribution in [0, 0.1) is 0 Å². The van der Waals surface area contributed by atoms with Gasteiger partial charge in [0, 0.05) is 50.6 Å². The first-order valence-electron chi connectivity index (χ1n) is 8.68. The molecule has 2 heterocycles. The van der Waals surface area contributed by atoms with Crippen LogP contribution in [0.25, 0.3) is 0 Å². The minimum atomic E-state index is -0.125. The molecule has 2 amide bonds. The van der Waals surface area contributed by atoms with Crippen molar-refractivity contribution < 1.29 is 14.3 Å². The van der Waals surface area contributed by atoms with Gasteiger partial charge in [0.25, 0.3) is 11.8 Å². The van der Waals surface area contributed by atoms with E-state index in [1.807, 2.05) is 23.1 Å². The zero-order valence-electron chi connectivity index (χ0n) is 15.1. The van der Waals surface area contributed by atoms with Gasteiger partial charge in [-0.15, -0.1) is 0 Å². The maximum atomic E-state index is 12.8. The molecule has 0 saturated carbocycles. The standard InChI is InChI=1S/C20H23N3O3/c1-22(2)19(24)14-26-17-7-5-6-15(12-17)20(25)23-11-9-16(13-23)18-8-3-4-10-21-18/h3-8,10,12,16H,9,11,13-14H2,1-2H3/t16-/m1/s1. The van der Waals surface area contributed by atoms with E-state index in [-0.39, 0.29) is 24.3 Å². The minimum Gasteiger partial charge on any atom is -0.484 e. The summed E-state index contributed by atoms with van der Waals surface area (Å²) in [7, 11) is 3.36. The molecule has 6 nitrogen and oxygen atoms in total. The third kappa shape index (κ3) is 4.20. The minimum absolute atomic E-state index is 0.0205. The first-order chi connectivity index (χ1) is 12.5. The highest BCUT2D eigenvalue weighted by molar-refractivity contribution is 5.94. The van der Waals surface area contributed by atoms with Gasteiger partial charge in [-0.1, -0.05) is 12.1 Å². The zero-order chi connectivity index (χ0) is 18.5. The Bertz CT molecular complexity index is 777. The smallest absolute Gasteiger partial charge is 0.259 e. The molecule has 0 unspecified atom stereocenters. The molecule has 3 rings (SSSR count). The topological polar surface area (TPSA) is 62.7 Å². The lowest BCUT2D eigenvalue weighted by Gasteiger charge is -2.17. The summed E-state index contributed by atoms with van der Waals surface area (Å²) in [5, 5.41) is 0. The van der Waals surface area contributed by atoms with Crippen molar-refractivity contribution in [3.05, 3.63) is 59.9 Å². The van der Waals surface area contributed by atoms with Gasteiger partial charge in [-0.05, 0) is 36.8 Å². The van der Waals surface area contributed by atoms with Gasteiger partial charge < -0.3 is 14.5 Å². The maximum Gasteiger partial charge on any atom is 0.259 e. The molecule has 1 aromatic heterocycles. The summed E-state index contributed by atoms with van der Waals surface area (Å²) < 4.78 is 5.50. The van der Waals surface area contributed by atoms with E-state index < -0.39 is 0 Å². The molecule has 2 aromatic rings. The van der Waals surface area contributed by atoms with Crippen molar-refractivity contribution in [3.8, 4) is 5.75 Å². The number of ether oxygens (including phenoxy) is 1. The lowest BCUT2D eigenvalue weighted by molar-refractivity contribution is -0.130. The number of pyridine rings is 1. The monoisotopic (exact) mass is 353 g/mol. The molecule has 1 atom stereocenters. The number of nitrogens with zero attached hydrogens (tertiary/aromatic N) is 3. The molecule has 1 aliphatic rings. The van der Waals surface area contributed by atoms with E-state index >= 15 is 0 Å². The Morgan fingerprint density at radius 3 is 2.81 bits per heavy atom. The first kappa shape index (κ1) is 17.9. The van der Waals surface area contributed by atoms with Crippen molar-refractivity contribution >= 4 is 11.8 Å². The molecule has 0 radical (unpaired) electrons. The average Bonchev–Trinajstić information content (AvgIpc) is 3.16. The van der Waals surface area contributed by atoms with Crippen molar-refractivity contribution in [2.75, 3.05) is 33.8 Å². The molecule has 1 saturated heterocycles. The summed E-state index contributed by atoms with van der Waals surface area (Å²) in [5.41, 5.74) is 1.60. The van der Waals surface area contributed by atoms with E-state index in [4.69, 9.17) is 4.74 Å². The second-order valence-electron chi connectivity index (χ2n) is 6.60. The molecule has 26 heavy (non-hydrogen) atoms. The normalized spacial score (nSPS) is 16.4. The highest BCUT2D eigenvalue weighted by Crippen LogP contribution is 2.27. The number of rotatable bonds is 5. The molecule has 0 bridgehead atoms. The van der Waals surface area contributed by atoms with Crippen molar-refractivity contribution in [1.29, 1.82) is 0 Å². The van der Waals surface area contributed by atoms with Gasteiger partial charge >= 0.3 is 0 Å². The quantitative estimate of drug-likeness (QED) is 0.827. The predicted molar refractivity (Wildman–Crippen MR) is 98.1 cm³/mol. The van der Waals surface area contributed by atoms with E-state index in [0.717, 1.165) is 12.1 Å². The average molecular weight is 353 g/mol. The summed E-state index contributed by atoms with van der Waals surface area (Å²) in [6, 6.07) is 12.9. The predicted octanol–water partition coefficient (Wildman–Crippen LogP) is 2.18. The van der Waals surface area contributed by atoms with Crippen LogP contribution in [0.5, 0.6) is 5.75 Å². The third-order valence-electron chi connectivity index (χ3n) is 4.52. The molecule has 0 N–H and O–H groups in total. The third-order valence-corrected chi connectivity index (χ3v) is 4.52. The Morgan fingerprint density at radius 1 is 1.23 bits per heavy atom. The number of hydrogen-bond donors (Lipinski definition) is 0. The van der Waals surface area contributed by atoms with Crippen LogP contribution in [0.15, 0.2) is 48.7 Å². The van der Waals surface area contributed by atoms with Gasteiger partial charge in [0.2, 0.25) is 0 Å². The van der Waals surface area contributed by atoms with Crippen molar-refractivity contribution in [1.82, 2.24) is 14.8 Å². The van der Waals surface area contributed by atoms with Gasteiger partial charge in [-0.2, -0.15) is 0 Å². The number of aromatic nitrogens is 1. The molecule has 136 valence electrons. The van der Waals surface area contributed by atoms with Gasteiger partial charge in [0.05, 0.1) is 0 Å². The first-order valence-corrected chi connectivity index (χ1v) is 8.68. The molecule has 0 aliphatic carbocycles. The Balaban J connectivity index is 1.63. The molecule has 1 fully saturated rings. The number of likely N-dealkylation sites (tertiary alicyclic amines) is 1. The fraction of sp³-hybridized carbons (Fsp3) is 0.350. The van der Waals surface area contributed by atoms with Crippen LogP contribution in [0.1, 0.15) is 28.4 Å².